The minimum absolute atomic E-state index is 0.0945. The zero-order valence-corrected chi connectivity index (χ0v) is 14.2. The Labute approximate surface area is 138 Å². The Kier molecular flexibility index (Phi) is 4.87. The van der Waals surface area contributed by atoms with Gasteiger partial charge in [0.15, 0.2) is 0 Å². The van der Waals surface area contributed by atoms with E-state index in [1.54, 1.807) is 14.1 Å². The lowest BCUT2D eigenvalue weighted by Gasteiger charge is -2.44. The van der Waals surface area contributed by atoms with E-state index in [9.17, 15) is 4.79 Å². The second-order valence-electron chi connectivity index (χ2n) is 6.56. The number of hydrogen-bond donors (Lipinski definition) is 0. The van der Waals surface area contributed by atoms with Crippen molar-refractivity contribution in [3.8, 4) is 5.75 Å². The fraction of sp³-hybridized carbons (Fsp3) is 0.611. The fourth-order valence-electron chi connectivity index (χ4n) is 3.59. The van der Waals surface area contributed by atoms with Crippen LogP contribution in [0.25, 0.3) is 0 Å². The lowest BCUT2D eigenvalue weighted by atomic mass is 9.84. The van der Waals surface area contributed by atoms with Gasteiger partial charge in [0.25, 0.3) is 0 Å². The van der Waals surface area contributed by atoms with E-state index in [1.165, 1.54) is 16.0 Å². The Morgan fingerprint density at radius 2 is 2.26 bits per heavy atom. The molecule has 1 fully saturated rings. The minimum Gasteiger partial charge on any atom is -0.410 e. The topological polar surface area (TPSA) is 42.0 Å². The molecule has 1 amide bonds. The van der Waals surface area contributed by atoms with Gasteiger partial charge in [-0.25, -0.2) is 4.79 Å². The molecule has 3 rings (SSSR count). The summed E-state index contributed by atoms with van der Waals surface area (Å²) in [6.07, 6.45) is 3.10. The van der Waals surface area contributed by atoms with Gasteiger partial charge in [0.2, 0.25) is 0 Å². The predicted octanol–water partition coefficient (Wildman–Crippen LogP) is 2.85. The third-order valence-electron chi connectivity index (χ3n) is 4.71. The Balaban J connectivity index is 1.83. The predicted molar refractivity (Wildman–Crippen MR) is 88.8 cm³/mol. The first-order chi connectivity index (χ1) is 11.1. The summed E-state index contributed by atoms with van der Waals surface area (Å²) in [4.78, 5) is 15.7. The highest BCUT2D eigenvalue weighted by molar-refractivity contribution is 5.70. The van der Waals surface area contributed by atoms with Gasteiger partial charge < -0.3 is 14.4 Å². The molecule has 0 unspecified atom stereocenters. The van der Waals surface area contributed by atoms with E-state index < -0.39 is 0 Å². The summed E-state index contributed by atoms with van der Waals surface area (Å²) >= 11 is 0. The second kappa shape index (κ2) is 6.89. The van der Waals surface area contributed by atoms with E-state index in [4.69, 9.17) is 9.47 Å². The molecule has 5 heteroatoms. The Morgan fingerprint density at radius 1 is 1.43 bits per heavy atom. The van der Waals surface area contributed by atoms with Crippen molar-refractivity contribution in [2.45, 2.75) is 38.3 Å². The first kappa shape index (κ1) is 16.3. The summed E-state index contributed by atoms with van der Waals surface area (Å²) in [5.74, 6) is 0.597. The molecule has 5 nitrogen and oxygen atoms in total. The lowest BCUT2D eigenvalue weighted by Crippen LogP contribution is -2.49. The maximum absolute atomic E-state index is 11.8. The normalized spacial score (nSPS) is 23.8. The van der Waals surface area contributed by atoms with Gasteiger partial charge in [-0.3, -0.25) is 4.90 Å². The number of nitrogens with zero attached hydrogens (tertiary/aromatic N) is 2. The molecule has 1 aliphatic heterocycles. The van der Waals surface area contributed by atoms with E-state index in [0.29, 0.717) is 11.8 Å². The van der Waals surface area contributed by atoms with Gasteiger partial charge in [-0.15, -0.1) is 0 Å². The molecule has 0 spiro atoms. The molecule has 1 aliphatic carbocycles. The van der Waals surface area contributed by atoms with Crippen LogP contribution in [0.4, 0.5) is 4.79 Å². The first-order valence-electron chi connectivity index (χ1n) is 8.47. The van der Waals surface area contributed by atoms with Gasteiger partial charge >= 0.3 is 6.09 Å². The minimum atomic E-state index is -0.352. The third-order valence-corrected chi connectivity index (χ3v) is 4.71. The van der Waals surface area contributed by atoms with Crippen molar-refractivity contribution in [1.82, 2.24) is 9.80 Å². The van der Waals surface area contributed by atoms with E-state index in [0.717, 1.165) is 39.0 Å². The largest absolute Gasteiger partial charge is 0.414 e. The summed E-state index contributed by atoms with van der Waals surface area (Å²) in [5.41, 5.74) is 2.50. The molecule has 0 bridgehead atoms. The number of rotatable bonds is 3. The van der Waals surface area contributed by atoms with Crippen molar-refractivity contribution in [2.75, 3.05) is 33.8 Å². The quantitative estimate of drug-likeness (QED) is 0.859. The van der Waals surface area contributed by atoms with Crippen LogP contribution in [-0.4, -0.2) is 55.7 Å². The van der Waals surface area contributed by atoms with Crippen molar-refractivity contribution in [3.63, 3.8) is 0 Å². The summed E-state index contributed by atoms with van der Waals surface area (Å²) < 4.78 is 11.5. The molecular weight excluding hydrogens is 292 g/mol. The molecule has 1 aromatic rings. The van der Waals surface area contributed by atoms with Crippen molar-refractivity contribution in [2.24, 2.45) is 0 Å². The number of ether oxygens (including phenoxy) is 2. The van der Waals surface area contributed by atoms with Gasteiger partial charge in [0.05, 0.1) is 12.7 Å². The molecule has 0 aromatic heterocycles. The van der Waals surface area contributed by atoms with Crippen molar-refractivity contribution < 1.29 is 14.3 Å². The molecule has 2 atom stereocenters. The number of benzene rings is 1. The smallest absolute Gasteiger partial charge is 0.410 e. The number of carbonyl (C=O) groups is 1. The van der Waals surface area contributed by atoms with Crippen LogP contribution in [0.3, 0.4) is 0 Å². The molecule has 126 valence electrons. The zero-order valence-electron chi connectivity index (χ0n) is 14.2. The number of hydrogen-bond acceptors (Lipinski definition) is 4. The summed E-state index contributed by atoms with van der Waals surface area (Å²) in [7, 11) is 3.37. The maximum Gasteiger partial charge on any atom is 0.414 e. The average molecular weight is 318 g/mol. The van der Waals surface area contributed by atoms with E-state index in [1.807, 2.05) is 12.1 Å². The molecule has 1 aromatic carbocycles. The van der Waals surface area contributed by atoms with Gasteiger partial charge in [-0.2, -0.15) is 0 Å². The van der Waals surface area contributed by atoms with E-state index >= 15 is 0 Å². The zero-order chi connectivity index (χ0) is 16.4. The highest BCUT2D eigenvalue weighted by Gasteiger charge is 2.37. The molecule has 23 heavy (non-hydrogen) atoms. The standard InChI is InChI=1S/C18H26N2O3/c1-4-9-20-10-11-22-17-15-12-14(23-18(21)19(2)3)7-5-13(15)6-8-16(17)20/h5,7,12,16-17H,4,6,8-11H2,1-3H3/t16-,17-/m1/s1. The van der Waals surface area contributed by atoms with Crippen molar-refractivity contribution >= 4 is 6.09 Å². The molecule has 0 radical (unpaired) electrons. The van der Waals surface area contributed by atoms with E-state index in [2.05, 4.69) is 17.9 Å². The molecule has 1 saturated heterocycles. The second-order valence-corrected chi connectivity index (χ2v) is 6.56. The van der Waals surface area contributed by atoms with Crippen LogP contribution < -0.4 is 4.74 Å². The molecule has 0 N–H and O–H groups in total. The molecular formula is C18H26N2O3. The molecule has 0 saturated carbocycles. The highest BCUT2D eigenvalue weighted by Crippen LogP contribution is 2.39. The summed E-state index contributed by atoms with van der Waals surface area (Å²) in [6, 6.07) is 6.39. The van der Waals surface area contributed by atoms with Gasteiger partial charge in [-0.05, 0) is 49.1 Å². The molecule has 2 aliphatic rings. The first-order valence-corrected chi connectivity index (χ1v) is 8.47. The monoisotopic (exact) mass is 318 g/mol. The lowest BCUT2D eigenvalue weighted by molar-refractivity contribution is -0.0801. The van der Waals surface area contributed by atoms with Crippen LogP contribution in [0, 0.1) is 0 Å². The maximum atomic E-state index is 11.8. The Bertz CT molecular complexity index is 571. The number of morpholine rings is 1. The third kappa shape index (κ3) is 3.35. The van der Waals surface area contributed by atoms with E-state index in [-0.39, 0.29) is 12.2 Å². The van der Waals surface area contributed by atoms with Crippen LogP contribution in [0.5, 0.6) is 5.75 Å². The number of amides is 1. The Hall–Kier alpha value is -1.59. The van der Waals surface area contributed by atoms with Crippen LogP contribution in [0.15, 0.2) is 18.2 Å². The van der Waals surface area contributed by atoms with Gasteiger partial charge in [0.1, 0.15) is 5.75 Å². The summed E-state index contributed by atoms with van der Waals surface area (Å²) in [6.45, 7) is 5.12. The van der Waals surface area contributed by atoms with Crippen LogP contribution in [0.2, 0.25) is 0 Å². The van der Waals surface area contributed by atoms with Gasteiger partial charge in [-0.1, -0.05) is 13.0 Å². The number of fused-ring (bicyclic) bond motifs is 3. The van der Waals surface area contributed by atoms with Crippen LogP contribution >= 0.6 is 0 Å². The van der Waals surface area contributed by atoms with Crippen molar-refractivity contribution in [3.05, 3.63) is 29.3 Å². The highest BCUT2D eigenvalue weighted by atomic mass is 16.6. The Morgan fingerprint density at radius 3 is 3.00 bits per heavy atom. The van der Waals surface area contributed by atoms with Crippen LogP contribution in [0.1, 0.15) is 37.0 Å². The SMILES string of the molecule is CCCN1CCO[C@@H]2c3cc(OC(=O)N(C)C)ccc3CC[C@H]21. The number of carbonyl (C=O) groups excluding carboxylic acids is 1. The fourth-order valence-corrected chi connectivity index (χ4v) is 3.59. The van der Waals surface area contributed by atoms with Gasteiger partial charge in [0, 0.05) is 26.7 Å². The number of aryl methyl sites for hydroxylation is 1. The summed E-state index contributed by atoms with van der Waals surface area (Å²) in [5, 5.41) is 0. The molecule has 1 heterocycles. The van der Waals surface area contributed by atoms with Crippen LogP contribution in [-0.2, 0) is 11.2 Å². The average Bonchev–Trinajstić information content (AvgIpc) is 2.55. The van der Waals surface area contributed by atoms with Crippen molar-refractivity contribution in [1.29, 1.82) is 0 Å².